The molecule has 5 nitrogen and oxygen atoms in total. The van der Waals surface area contributed by atoms with Crippen molar-refractivity contribution in [2.45, 2.75) is 30.4 Å². The van der Waals surface area contributed by atoms with Crippen molar-refractivity contribution in [1.82, 2.24) is 9.62 Å². The molecule has 0 heterocycles. The minimum Gasteiger partial charge on any atom is -0.333 e. The summed E-state index contributed by atoms with van der Waals surface area (Å²) in [5.41, 5.74) is 2.77. The topological polar surface area (TPSA) is 66.5 Å². The van der Waals surface area contributed by atoms with Gasteiger partial charge in [0.15, 0.2) is 0 Å². The van der Waals surface area contributed by atoms with Crippen molar-refractivity contribution in [2.75, 3.05) is 0 Å². The van der Waals surface area contributed by atoms with E-state index in [2.05, 4.69) is 4.72 Å². The van der Waals surface area contributed by atoms with Crippen molar-refractivity contribution in [1.29, 1.82) is 0 Å². The van der Waals surface area contributed by atoms with Crippen LogP contribution >= 0.6 is 11.6 Å². The summed E-state index contributed by atoms with van der Waals surface area (Å²) in [6.07, 6.45) is 0.215. The van der Waals surface area contributed by atoms with Crippen molar-refractivity contribution < 1.29 is 13.2 Å². The van der Waals surface area contributed by atoms with Gasteiger partial charge in [0.2, 0.25) is 15.9 Å². The van der Waals surface area contributed by atoms with Crippen LogP contribution in [0.1, 0.15) is 16.7 Å². The lowest BCUT2D eigenvalue weighted by Gasteiger charge is -2.28. The molecule has 1 N–H and O–H groups in total. The van der Waals surface area contributed by atoms with E-state index in [0.717, 1.165) is 16.7 Å². The molecule has 4 rings (SSSR count). The first kappa shape index (κ1) is 25.6. The van der Waals surface area contributed by atoms with Gasteiger partial charge in [-0.05, 0) is 47.4 Å². The molecule has 1 amide bonds. The molecule has 4 aromatic carbocycles. The number of amides is 1. The number of hydrogen-bond donors (Lipinski definition) is 1. The number of halogens is 1. The number of rotatable bonds is 10. The molecule has 0 radical (unpaired) electrons. The van der Waals surface area contributed by atoms with Crippen molar-refractivity contribution in [3.05, 3.63) is 137 Å². The summed E-state index contributed by atoms with van der Waals surface area (Å²) >= 11 is 5.94. The molecule has 0 unspecified atom stereocenters. The van der Waals surface area contributed by atoms with Gasteiger partial charge in [-0.25, -0.2) is 8.42 Å². The van der Waals surface area contributed by atoms with E-state index in [-0.39, 0.29) is 17.2 Å². The Bertz CT molecular complexity index is 1320. The number of sulfonamides is 1. The number of nitrogens with zero attached hydrogens (tertiary/aromatic N) is 1. The van der Waals surface area contributed by atoms with Crippen LogP contribution in [0.5, 0.6) is 0 Å². The predicted molar refractivity (Wildman–Crippen MR) is 143 cm³/mol. The SMILES string of the molecule is O=C([C@@H](Cc1ccccc1)NS(=O)(=O)c1ccc(Cl)cc1)N(Cc1ccccc1)Cc1ccccc1. The van der Waals surface area contributed by atoms with Gasteiger partial charge in [-0.15, -0.1) is 0 Å². The molecule has 0 fully saturated rings. The fourth-order valence-electron chi connectivity index (χ4n) is 3.94. The monoisotopic (exact) mass is 518 g/mol. The quantitative estimate of drug-likeness (QED) is 0.303. The van der Waals surface area contributed by atoms with Gasteiger partial charge < -0.3 is 4.90 Å². The Morgan fingerprint density at radius 2 is 1.14 bits per heavy atom. The molecule has 7 heteroatoms. The summed E-state index contributed by atoms with van der Waals surface area (Å²) in [4.78, 5) is 15.7. The van der Waals surface area contributed by atoms with E-state index in [0.29, 0.717) is 18.1 Å². The van der Waals surface area contributed by atoms with Crippen LogP contribution in [0.15, 0.2) is 120 Å². The van der Waals surface area contributed by atoms with Crippen LogP contribution in [0, 0.1) is 0 Å². The van der Waals surface area contributed by atoms with Crippen LogP contribution in [0.4, 0.5) is 0 Å². The maximum atomic E-state index is 14.0. The Morgan fingerprint density at radius 3 is 1.61 bits per heavy atom. The lowest BCUT2D eigenvalue weighted by Crippen LogP contribution is -2.49. The second-order valence-corrected chi connectivity index (χ2v) is 10.6. The number of hydrogen-bond acceptors (Lipinski definition) is 3. The van der Waals surface area contributed by atoms with Crippen LogP contribution in [0.2, 0.25) is 5.02 Å². The predicted octanol–water partition coefficient (Wildman–Crippen LogP) is 5.46. The van der Waals surface area contributed by atoms with E-state index in [9.17, 15) is 13.2 Å². The highest BCUT2D eigenvalue weighted by atomic mass is 35.5. The third kappa shape index (κ3) is 7.04. The third-order valence-electron chi connectivity index (χ3n) is 5.75. The summed E-state index contributed by atoms with van der Waals surface area (Å²) in [5.74, 6) is -0.302. The molecule has 0 aliphatic carbocycles. The van der Waals surface area contributed by atoms with E-state index in [1.807, 2.05) is 91.0 Å². The van der Waals surface area contributed by atoms with Crippen LogP contribution in [0.3, 0.4) is 0 Å². The van der Waals surface area contributed by atoms with Crippen molar-refractivity contribution in [3.63, 3.8) is 0 Å². The van der Waals surface area contributed by atoms with Crippen LogP contribution < -0.4 is 4.72 Å². The fraction of sp³-hybridized carbons (Fsp3) is 0.138. The Labute approximate surface area is 217 Å². The first-order valence-electron chi connectivity index (χ1n) is 11.6. The smallest absolute Gasteiger partial charge is 0.241 e. The van der Waals surface area contributed by atoms with Crippen molar-refractivity contribution in [3.8, 4) is 0 Å². The number of carbonyl (C=O) groups is 1. The molecule has 4 aromatic rings. The average molecular weight is 519 g/mol. The number of benzene rings is 4. The van der Waals surface area contributed by atoms with Gasteiger partial charge in [-0.2, -0.15) is 4.72 Å². The zero-order chi connectivity index (χ0) is 25.4. The van der Waals surface area contributed by atoms with Gasteiger partial charge in [0.1, 0.15) is 6.04 Å². The van der Waals surface area contributed by atoms with E-state index in [1.165, 1.54) is 24.3 Å². The second-order valence-electron chi connectivity index (χ2n) is 8.48. The van der Waals surface area contributed by atoms with Gasteiger partial charge in [0.05, 0.1) is 4.90 Å². The van der Waals surface area contributed by atoms with Crippen LogP contribution in [-0.4, -0.2) is 25.3 Å². The maximum Gasteiger partial charge on any atom is 0.241 e. The van der Waals surface area contributed by atoms with E-state index < -0.39 is 16.1 Å². The highest BCUT2D eigenvalue weighted by Crippen LogP contribution is 2.18. The second kappa shape index (κ2) is 12.0. The molecule has 0 saturated heterocycles. The molecule has 36 heavy (non-hydrogen) atoms. The average Bonchev–Trinajstić information content (AvgIpc) is 2.89. The maximum absolute atomic E-state index is 14.0. The molecule has 0 spiro atoms. The molecule has 0 saturated carbocycles. The normalized spacial score (nSPS) is 12.1. The summed E-state index contributed by atoms with van der Waals surface area (Å²) in [5, 5.41) is 0.433. The Balaban J connectivity index is 1.67. The van der Waals surface area contributed by atoms with Crippen LogP contribution in [0.25, 0.3) is 0 Å². The summed E-state index contributed by atoms with van der Waals surface area (Å²) in [6, 6.07) is 33.6. The van der Waals surface area contributed by atoms with Crippen molar-refractivity contribution in [2.24, 2.45) is 0 Å². The molecule has 0 aromatic heterocycles. The van der Waals surface area contributed by atoms with Crippen LogP contribution in [-0.2, 0) is 34.3 Å². The third-order valence-corrected chi connectivity index (χ3v) is 7.49. The highest BCUT2D eigenvalue weighted by molar-refractivity contribution is 7.89. The minimum absolute atomic E-state index is 0.0513. The largest absolute Gasteiger partial charge is 0.333 e. The van der Waals surface area contributed by atoms with Gasteiger partial charge in [0, 0.05) is 18.1 Å². The minimum atomic E-state index is -3.98. The molecule has 0 aliphatic heterocycles. The van der Waals surface area contributed by atoms with Gasteiger partial charge in [-0.1, -0.05) is 103 Å². The van der Waals surface area contributed by atoms with E-state index in [4.69, 9.17) is 11.6 Å². The number of carbonyl (C=O) groups excluding carboxylic acids is 1. The zero-order valence-corrected chi connectivity index (χ0v) is 21.2. The summed E-state index contributed by atoms with van der Waals surface area (Å²) in [6.45, 7) is 0.699. The molecule has 1 atom stereocenters. The molecule has 0 bridgehead atoms. The molecular weight excluding hydrogens is 492 g/mol. The van der Waals surface area contributed by atoms with Crippen molar-refractivity contribution >= 4 is 27.5 Å². The Kier molecular flexibility index (Phi) is 8.54. The first-order chi connectivity index (χ1) is 17.4. The first-order valence-corrected chi connectivity index (χ1v) is 13.5. The van der Waals surface area contributed by atoms with E-state index in [1.54, 1.807) is 4.90 Å². The van der Waals surface area contributed by atoms with E-state index >= 15 is 0 Å². The lowest BCUT2D eigenvalue weighted by atomic mass is 10.0. The molecule has 0 aliphatic rings. The Hall–Kier alpha value is -3.45. The zero-order valence-electron chi connectivity index (χ0n) is 19.6. The number of nitrogens with one attached hydrogen (secondary N) is 1. The molecule has 184 valence electrons. The summed E-state index contributed by atoms with van der Waals surface area (Å²) in [7, 11) is -3.98. The lowest BCUT2D eigenvalue weighted by molar-refractivity contribution is -0.134. The highest BCUT2D eigenvalue weighted by Gasteiger charge is 2.30. The standard InChI is InChI=1S/C29H27ClN2O3S/c30-26-16-18-27(19-17-26)36(34,35)31-28(20-23-10-4-1-5-11-23)29(33)32(21-24-12-6-2-7-13-24)22-25-14-8-3-9-15-25/h1-19,28,31H,20-22H2/t28-/m1/s1. The summed E-state index contributed by atoms with van der Waals surface area (Å²) < 4.78 is 29.2. The van der Waals surface area contributed by atoms with Gasteiger partial charge >= 0.3 is 0 Å². The van der Waals surface area contributed by atoms with Gasteiger partial charge in [0.25, 0.3) is 0 Å². The molecular formula is C29H27ClN2O3S. The fourth-order valence-corrected chi connectivity index (χ4v) is 5.25. The van der Waals surface area contributed by atoms with Gasteiger partial charge in [-0.3, -0.25) is 4.79 Å². The Morgan fingerprint density at radius 1 is 0.694 bits per heavy atom.